The number of hydrogen-bond acceptors (Lipinski definition) is 7. The van der Waals surface area contributed by atoms with Crippen molar-refractivity contribution >= 4 is 17.1 Å². The van der Waals surface area contributed by atoms with Crippen LogP contribution in [0.2, 0.25) is 0 Å². The van der Waals surface area contributed by atoms with E-state index < -0.39 is 0 Å². The molecule has 2 heterocycles. The number of aliphatic hydroxyl groups excluding tert-OH is 1. The Morgan fingerprint density at radius 2 is 1.88 bits per heavy atom. The maximum Gasteiger partial charge on any atom is 0.410 e. The summed E-state index contributed by atoms with van der Waals surface area (Å²) in [6.07, 6.45) is 1.44. The molecule has 182 valence electrons. The lowest BCUT2D eigenvalue weighted by atomic mass is 10.1. The minimum atomic E-state index is -0.269. The molecule has 1 aliphatic heterocycles. The number of likely N-dealkylation sites (tertiary alicyclic amines) is 1. The van der Waals surface area contributed by atoms with E-state index in [9.17, 15) is 9.90 Å². The monoisotopic (exact) mass is 468 g/mol. The van der Waals surface area contributed by atoms with Crippen LogP contribution in [0.1, 0.15) is 29.5 Å². The Labute approximate surface area is 199 Å². The van der Waals surface area contributed by atoms with Crippen molar-refractivity contribution in [2.75, 3.05) is 32.9 Å². The molecule has 0 spiro atoms. The average Bonchev–Trinajstić information content (AvgIpc) is 3.29. The quantitative estimate of drug-likeness (QED) is 0.457. The van der Waals surface area contributed by atoms with Crippen LogP contribution in [0, 0.1) is 6.92 Å². The smallest absolute Gasteiger partial charge is 0.410 e. The molecule has 0 aliphatic carbocycles. The number of hydrogen-bond donors (Lipinski definition) is 1. The Kier molecular flexibility index (Phi) is 8.46. The standard InChI is InChI=1S/C25H32N4O5/c1-19-21(17-30)7-8-23-24(19)26-27-29(23)13-14-32-15-16-33-22-9-11-28(12-10-22)25(31)34-18-20-5-3-2-4-6-20/h2-8,22,30H,9-18H2,1H3. The van der Waals surface area contributed by atoms with Crippen molar-refractivity contribution in [1.82, 2.24) is 19.9 Å². The van der Waals surface area contributed by atoms with Crippen LogP contribution < -0.4 is 0 Å². The molecule has 1 fully saturated rings. The Balaban J connectivity index is 1.09. The second-order valence-electron chi connectivity index (χ2n) is 8.40. The third-order valence-electron chi connectivity index (χ3n) is 6.16. The molecule has 0 saturated carbocycles. The zero-order valence-corrected chi connectivity index (χ0v) is 19.6. The number of aryl methyl sites for hydroxylation is 1. The van der Waals surface area contributed by atoms with Gasteiger partial charge >= 0.3 is 6.09 Å². The van der Waals surface area contributed by atoms with Gasteiger partial charge in [0.1, 0.15) is 12.1 Å². The summed E-state index contributed by atoms with van der Waals surface area (Å²) in [6, 6.07) is 13.5. The Morgan fingerprint density at radius 3 is 2.65 bits per heavy atom. The molecule has 0 atom stereocenters. The van der Waals surface area contributed by atoms with Crippen molar-refractivity contribution in [2.24, 2.45) is 0 Å². The van der Waals surface area contributed by atoms with Crippen LogP contribution in [-0.4, -0.2) is 70.1 Å². The first-order valence-electron chi connectivity index (χ1n) is 11.7. The van der Waals surface area contributed by atoms with Crippen LogP contribution in [0.3, 0.4) is 0 Å². The highest BCUT2D eigenvalue weighted by Gasteiger charge is 2.24. The van der Waals surface area contributed by atoms with Crippen LogP contribution >= 0.6 is 0 Å². The summed E-state index contributed by atoms with van der Waals surface area (Å²) >= 11 is 0. The van der Waals surface area contributed by atoms with Gasteiger partial charge in [0.2, 0.25) is 0 Å². The van der Waals surface area contributed by atoms with Gasteiger partial charge in [0, 0.05) is 13.1 Å². The van der Waals surface area contributed by atoms with E-state index in [-0.39, 0.29) is 18.8 Å². The molecule has 0 unspecified atom stereocenters. The van der Waals surface area contributed by atoms with E-state index >= 15 is 0 Å². The van der Waals surface area contributed by atoms with Gasteiger partial charge in [-0.05, 0) is 42.5 Å². The van der Waals surface area contributed by atoms with Crippen LogP contribution in [0.5, 0.6) is 0 Å². The van der Waals surface area contributed by atoms with Crippen molar-refractivity contribution in [2.45, 2.75) is 45.6 Å². The topological polar surface area (TPSA) is 98.9 Å². The molecule has 1 amide bonds. The summed E-state index contributed by atoms with van der Waals surface area (Å²) in [5, 5.41) is 17.8. The maximum atomic E-state index is 12.3. The molecule has 2 aromatic carbocycles. The number of carbonyl (C=O) groups is 1. The molecule has 1 saturated heterocycles. The number of carbonyl (C=O) groups excluding carboxylic acids is 1. The van der Waals surface area contributed by atoms with Crippen molar-refractivity contribution < 1.29 is 24.1 Å². The van der Waals surface area contributed by atoms with Crippen LogP contribution in [0.15, 0.2) is 42.5 Å². The largest absolute Gasteiger partial charge is 0.445 e. The molecule has 1 aromatic heterocycles. The number of nitrogens with zero attached hydrogens (tertiary/aromatic N) is 4. The lowest BCUT2D eigenvalue weighted by molar-refractivity contribution is -0.0234. The molecular formula is C25H32N4O5. The van der Waals surface area contributed by atoms with E-state index in [1.165, 1.54) is 0 Å². The van der Waals surface area contributed by atoms with Gasteiger partial charge in [0.25, 0.3) is 0 Å². The Morgan fingerprint density at radius 1 is 1.09 bits per heavy atom. The number of benzene rings is 2. The minimum absolute atomic E-state index is 0.00485. The SMILES string of the molecule is Cc1c(CO)ccc2c1nnn2CCOCCOC1CCN(C(=O)OCc2ccccc2)CC1. The van der Waals surface area contributed by atoms with Crippen LogP contribution in [0.25, 0.3) is 11.0 Å². The van der Waals surface area contributed by atoms with Gasteiger partial charge in [-0.15, -0.1) is 5.10 Å². The predicted molar refractivity (Wildman–Crippen MR) is 126 cm³/mol. The van der Waals surface area contributed by atoms with Gasteiger partial charge in [-0.3, -0.25) is 0 Å². The highest BCUT2D eigenvalue weighted by molar-refractivity contribution is 5.79. The first kappa shape index (κ1) is 24.1. The van der Waals surface area contributed by atoms with Crippen molar-refractivity contribution in [1.29, 1.82) is 0 Å². The number of piperidine rings is 1. The fourth-order valence-corrected chi connectivity index (χ4v) is 4.09. The Bertz CT molecular complexity index is 1060. The molecular weight excluding hydrogens is 436 g/mol. The van der Waals surface area contributed by atoms with E-state index in [4.69, 9.17) is 14.2 Å². The number of aliphatic hydroxyl groups is 1. The van der Waals surface area contributed by atoms with Crippen LogP contribution in [-0.2, 0) is 34.0 Å². The zero-order chi connectivity index (χ0) is 23.8. The molecule has 4 rings (SSSR count). The van der Waals surface area contributed by atoms with Gasteiger partial charge in [-0.2, -0.15) is 0 Å². The second-order valence-corrected chi connectivity index (χ2v) is 8.40. The lowest BCUT2D eigenvalue weighted by Crippen LogP contribution is -2.41. The van der Waals surface area contributed by atoms with E-state index in [1.54, 1.807) is 4.90 Å². The number of rotatable bonds is 10. The van der Waals surface area contributed by atoms with Crippen molar-refractivity contribution in [3.63, 3.8) is 0 Å². The first-order valence-corrected chi connectivity index (χ1v) is 11.7. The number of fused-ring (bicyclic) bond motifs is 1. The molecule has 1 aliphatic rings. The maximum absolute atomic E-state index is 12.3. The number of ether oxygens (including phenoxy) is 3. The third-order valence-corrected chi connectivity index (χ3v) is 6.16. The Hall–Kier alpha value is -3.01. The minimum Gasteiger partial charge on any atom is -0.445 e. The fraction of sp³-hybridized carbons (Fsp3) is 0.480. The highest BCUT2D eigenvalue weighted by Crippen LogP contribution is 2.20. The number of aromatic nitrogens is 3. The van der Waals surface area contributed by atoms with Gasteiger partial charge in [-0.25, -0.2) is 9.48 Å². The third kappa shape index (κ3) is 6.11. The van der Waals surface area contributed by atoms with Gasteiger partial charge in [0.15, 0.2) is 0 Å². The molecule has 9 nitrogen and oxygen atoms in total. The second kappa shape index (κ2) is 11.9. The summed E-state index contributed by atoms with van der Waals surface area (Å²) in [4.78, 5) is 14.0. The van der Waals surface area contributed by atoms with Gasteiger partial charge in [0.05, 0.1) is 44.6 Å². The highest BCUT2D eigenvalue weighted by atomic mass is 16.6. The molecule has 9 heteroatoms. The summed E-state index contributed by atoms with van der Waals surface area (Å²) < 4.78 is 18.9. The van der Waals surface area contributed by atoms with Crippen molar-refractivity contribution in [3.05, 3.63) is 59.2 Å². The van der Waals surface area contributed by atoms with Crippen LogP contribution in [0.4, 0.5) is 4.79 Å². The average molecular weight is 469 g/mol. The normalized spacial score (nSPS) is 14.6. The zero-order valence-electron chi connectivity index (χ0n) is 19.6. The molecule has 3 aromatic rings. The van der Waals surface area contributed by atoms with E-state index in [0.717, 1.165) is 40.6 Å². The molecule has 34 heavy (non-hydrogen) atoms. The summed E-state index contributed by atoms with van der Waals surface area (Å²) in [5.41, 5.74) is 4.55. The fourth-order valence-electron chi connectivity index (χ4n) is 4.09. The summed E-state index contributed by atoms with van der Waals surface area (Å²) in [5.74, 6) is 0. The van der Waals surface area contributed by atoms with E-state index in [2.05, 4.69) is 10.3 Å². The van der Waals surface area contributed by atoms with Gasteiger partial charge < -0.3 is 24.2 Å². The molecule has 1 N–H and O–H groups in total. The summed E-state index contributed by atoms with van der Waals surface area (Å²) in [7, 11) is 0. The van der Waals surface area contributed by atoms with E-state index in [1.807, 2.05) is 54.1 Å². The first-order chi connectivity index (χ1) is 16.7. The lowest BCUT2D eigenvalue weighted by Gasteiger charge is -2.31. The van der Waals surface area contributed by atoms with Gasteiger partial charge in [-0.1, -0.05) is 41.6 Å². The molecule has 0 radical (unpaired) electrons. The number of amides is 1. The van der Waals surface area contributed by atoms with Crippen molar-refractivity contribution in [3.8, 4) is 0 Å². The molecule has 0 bridgehead atoms. The van der Waals surface area contributed by atoms with E-state index in [0.29, 0.717) is 46.1 Å². The predicted octanol–water partition coefficient (Wildman–Crippen LogP) is 3.07. The summed E-state index contributed by atoms with van der Waals surface area (Å²) in [6.45, 7) is 5.62.